The van der Waals surface area contributed by atoms with Gasteiger partial charge in [0.25, 0.3) is 5.91 Å². The number of halogens is 4. The molecule has 2 aromatic carbocycles. The molecule has 0 aliphatic carbocycles. The van der Waals surface area contributed by atoms with E-state index in [2.05, 4.69) is 15.2 Å². The second kappa shape index (κ2) is 9.40. The summed E-state index contributed by atoms with van der Waals surface area (Å²) in [5, 5.41) is 6.30. The van der Waals surface area contributed by atoms with Crippen molar-refractivity contribution in [3.8, 4) is 0 Å². The molecule has 4 rings (SSSR count). The molecule has 0 saturated heterocycles. The van der Waals surface area contributed by atoms with Crippen LogP contribution < -0.4 is 10.2 Å². The van der Waals surface area contributed by atoms with Gasteiger partial charge in [0, 0.05) is 13.1 Å². The molecular weight excluding hydrogens is 468 g/mol. The highest BCUT2D eigenvalue weighted by molar-refractivity contribution is 6.01. The number of carbonyl (C=O) groups is 2. The van der Waals surface area contributed by atoms with Crippen LogP contribution in [-0.4, -0.2) is 35.3 Å². The van der Waals surface area contributed by atoms with Crippen molar-refractivity contribution in [2.24, 2.45) is 0 Å². The molecule has 0 fully saturated rings. The molecule has 35 heavy (non-hydrogen) atoms. The van der Waals surface area contributed by atoms with Gasteiger partial charge < -0.3 is 15.0 Å². The minimum absolute atomic E-state index is 0.0624. The fraction of sp³-hybridized carbons (Fsp3) is 0.292. The second-order valence-corrected chi connectivity index (χ2v) is 8.12. The topological polar surface area (TPSA) is 76.5 Å². The number of rotatable bonds is 6. The molecule has 3 aromatic rings. The molecule has 7 nitrogen and oxygen atoms in total. The van der Waals surface area contributed by atoms with E-state index >= 15 is 0 Å². The van der Waals surface area contributed by atoms with Crippen LogP contribution in [0.2, 0.25) is 0 Å². The van der Waals surface area contributed by atoms with Crippen molar-refractivity contribution in [2.45, 2.75) is 32.2 Å². The molecule has 0 radical (unpaired) electrons. The molecule has 0 spiro atoms. The molecule has 1 aromatic heterocycles. The van der Waals surface area contributed by atoms with Gasteiger partial charge in [-0.3, -0.25) is 4.79 Å². The van der Waals surface area contributed by atoms with Crippen LogP contribution in [0.25, 0.3) is 0 Å². The van der Waals surface area contributed by atoms with Crippen molar-refractivity contribution in [3.05, 3.63) is 82.3 Å². The van der Waals surface area contributed by atoms with E-state index in [9.17, 15) is 27.2 Å². The summed E-state index contributed by atoms with van der Waals surface area (Å²) >= 11 is 0. The van der Waals surface area contributed by atoms with Crippen LogP contribution in [0.3, 0.4) is 0 Å². The molecule has 0 saturated carbocycles. The Morgan fingerprint density at radius 3 is 2.34 bits per heavy atom. The third kappa shape index (κ3) is 4.98. The highest BCUT2D eigenvalue weighted by Crippen LogP contribution is 2.38. The number of esters is 1. The number of anilines is 1. The Balaban J connectivity index is 1.62. The standard InChI is InChI=1S/C24H22F4N4O3/c1-14(16-5-7-17(8-6-16)23(34)35-2)29-21(33)19-20(24(26,27)28)30-32-12-11-31(22(19)32)13-15-3-9-18(25)10-4-15/h3-10,14H,11-13H2,1-2H3,(H,29,33). The van der Waals surface area contributed by atoms with Gasteiger partial charge in [0.05, 0.1) is 25.3 Å². The Morgan fingerprint density at radius 1 is 1.09 bits per heavy atom. The Hall–Kier alpha value is -3.89. The van der Waals surface area contributed by atoms with E-state index < -0.39 is 41.2 Å². The lowest BCUT2D eigenvalue weighted by Crippen LogP contribution is -2.31. The third-order valence-corrected chi connectivity index (χ3v) is 5.77. The molecule has 0 bridgehead atoms. The first-order valence-corrected chi connectivity index (χ1v) is 10.7. The van der Waals surface area contributed by atoms with Gasteiger partial charge in [-0.2, -0.15) is 18.3 Å². The van der Waals surface area contributed by atoms with Crippen molar-refractivity contribution in [3.63, 3.8) is 0 Å². The van der Waals surface area contributed by atoms with Gasteiger partial charge in [-0.25, -0.2) is 13.9 Å². The summed E-state index contributed by atoms with van der Waals surface area (Å²) in [6.45, 7) is 2.34. The summed E-state index contributed by atoms with van der Waals surface area (Å²) in [5.74, 6) is -1.81. The maximum absolute atomic E-state index is 13.8. The molecule has 1 aliphatic heterocycles. The summed E-state index contributed by atoms with van der Waals surface area (Å²) in [6.07, 6.45) is -4.84. The number of alkyl halides is 3. The maximum Gasteiger partial charge on any atom is 0.436 e. The molecule has 11 heteroatoms. The second-order valence-electron chi connectivity index (χ2n) is 8.12. The van der Waals surface area contributed by atoms with E-state index in [4.69, 9.17) is 0 Å². The van der Waals surface area contributed by atoms with E-state index in [1.807, 2.05) is 0 Å². The molecule has 184 valence electrons. The largest absolute Gasteiger partial charge is 0.465 e. The van der Waals surface area contributed by atoms with Gasteiger partial charge in [0.1, 0.15) is 17.2 Å². The number of nitrogens with zero attached hydrogens (tertiary/aromatic N) is 3. The highest BCUT2D eigenvalue weighted by Gasteiger charge is 2.44. The quantitative estimate of drug-likeness (QED) is 0.411. The van der Waals surface area contributed by atoms with Crippen molar-refractivity contribution in [2.75, 3.05) is 18.6 Å². The van der Waals surface area contributed by atoms with Crippen LogP contribution in [0.1, 0.15) is 50.5 Å². The van der Waals surface area contributed by atoms with Crippen molar-refractivity contribution >= 4 is 17.7 Å². The van der Waals surface area contributed by atoms with Crippen molar-refractivity contribution < 1.29 is 31.9 Å². The molecule has 1 amide bonds. The number of amides is 1. The van der Waals surface area contributed by atoms with Crippen LogP contribution in [-0.2, 0) is 24.0 Å². The number of nitrogens with one attached hydrogen (secondary N) is 1. The highest BCUT2D eigenvalue weighted by atomic mass is 19.4. The fourth-order valence-electron chi connectivity index (χ4n) is 4.00. The molecular formula is C24H22F4N4O3. The van der Waals surface area contributed by atoms with E-state index in [-0.39, 0.29) is 18.9 Å². The predicted molar refractivity (Wildman–Crippen MR) is 118 cm³/mol. The molecule has 1 N–H and O–H groups in total. The monoisotopic (exact) mass is 490 g/mol. The summed E-state index contributed by atoms with van der Waals surface area (Å²) in [6, 6.07) is 11.2. The smallest absolute Gasteiger partial charge is 0.436 e. The Morgan fingerprint density at radius 2 is 1.74 bits per heavy atom. The molecule has 1 atom stereocenters. The number of hydrogen-bond acceptors (Lipinski definition) is 5. The number of hydrogen-bond donors (Lipinski definition) is 1. The maximum atomic E-state index is 13.8. The Labute approximate surface area is 198 Å². The minimum atomic E-state index is -4.84. The third-order valence-electron chi connectivity index (χ3n) is 5.77. The Kier molecular flexibility index (Phi) is 6.51. The number of ether oxygens (including phenoxy) is 1. The van der Waals surface area contributed by atoms with E-state index in [0.717, 1.165) is 0 Å². The average molecular weight is 490 g/mol. The lowest BCUT2D eigenvalue weighted by molar-refractivity contribution is -0.141. The lowest BCUT2D eigenvalue weighted by Gasteiger charge is -2.21. The molecule has 1 aliphatic rings. The molecule has 2 heterocycles. The Bertz CT molecular complexity index is 1240. The van der Waals surface area contributed by atoms with E-state index in [0.29, 0.717) is 23.2 Å². The summed E-state index contributed by atoms with van der Waals surface area (Å²) < 4.78 is 60.5. The number of carbonyl (C=O) groups excluding carboxylic acids is 2. The van der Waals surface area contributed by atoms with Gasteiger partial charge in [-0.05, 0) is 42.3 Å². The van der Waals surface area contributed by atoms with Gasteiger partial charge in [0.15, 0.2) is 5.69 Å². The van der Waals surface area contributed by atoms with E-state index in [1.165, 1.54) is 36.1 Å². The minimum Gasteiger partial charge on any atom is -0.465 e. The summed E-state index contributed by atoms with van der Waals surface area (Å²) in [7, 11) is 1.25. The van der Waals surface area contributed by atoms with Gasteiger partial charge in [-0.15, -0.1) is 0 Å². The predicted octanol–water partition coefficient (Wildman–Crippen LogP) is 4.34. The van der Waals surface area contributed by atoms with Crippen molar-refractivity contribution in [1.82, 2.24) is 15.1 Å². The zero-order chi connectivity index (χ0) is 25.3. The van der Waals surface area contributed by atoms with Crippen LogP contribution in [0.15, 0.2) is 48.5 Å². The number of methoxy groups -OCH3 is 1. The zero-order valence-electron chi connectivity index (χ0n) is 18.9. The van der Waals surface area contributed by atoms with Crippen molar-refractivity contribution in [1.29, 1.82) is 0 Å². The molecule has 1 unspecified atom stereocenters. The van der Waals surface area contributed by atoms with Gasteiger partial charge >= 0.3 is 12.1 Å². The van der Waals surface area contributed by atoms with Gasteiger partial charge in [0.2, 0.25) is 0 Å². The first-order chi connectivity index (χ1) is 16.6. The van der Waals surface area contributed by atoms with Crippen LogP contribution in [0, 0.1) is 5.82 Å². The van der Waals surface area contributed by atoms with Crippen LogP contribution >= 0.6 is 0 Å². The lowest BCUT2D eigenvalue weighted by atomic mass is 10.1. The average Bonchev–Trinajstić information content (AvgIpc) is 3.40. The normalized spacial score (nSPS) is 13.9. The fourth-order valence-corrected chi connectivity index (χ4v) is 4.00. The number of aromatic nitrogens is 2. The summed E-state index contributed by atoms with van der Waals surface area (Å²) in [4.78, 5) is 26.4. The van der Waals surface area contributed by atoms with Gasteiger partial charge in [-0.1, -0.05) is 24.3 Å². The SMILES string of the molecule is COC(=O)c1ccc(C(C)NC(=O)c2c(C(F)(F)F)nn3c2N(Cc2ccc(F)cc2)CC3)cc1. The first kappa shape index (κ1) is 24.2. The number of benzene rings is 2. The first-order valence-electron chi connectivity index (χ1n) is 10.7. The summed E-state index contributed by atoms with van der Waals surface area (Å²) in [5.41, 5.74) is -0.246. The van der Waals surface area contributed by atoms with E-state index in [1.54, 1.807) is 36.1 Å². The number of fused-ring (bicyclic) bond motifs is 1. The van der Waals surface area contributed by atoms with Crippen LogP contribution in [0.4, 0.5) is 23.4 Å². The van der Waals surface area contributed by atoms with Crippen LogP contribution in [0.5, 0.6) is 0 Å². The zero-order valence-corrected chi connectivity index (χ0v) is 18.9.